The van der Waals surface area contributed by atoms with E-state index in [1.807, 2.05) is 36.1 Å². The van der Waals surface area contributed by atoms with E-state index in [2.05, 4.69) is 6.92 Å². The summed E-state index contributed by atoms with van der Waals surface area (Å²) in [5.41, 5.74) is 0.994. The average Bonchev–Trinajstić information content (AvgIpc) is 3.04. The first-order valence-corrected chi connectivity index (χ1v) is 12.9. The first-order valence-electron chi connectivity index (χ1n) is 10.1. The largest absolute Gasteiger partial charge is 0.366 e. The summed E-state index contributed by atoms with van der Waals surface area (Å²) in [5.74, 6) is 0.338. The molecule has 1 unspecified atom stereocenters. The maximum atomic E-state index is 12.7. The number of aryl methyl sites for hydroxylation is 1. The van der Waals surface area contributed by atoms with Gasteiger partial charge < -0.3 is 10.0 Å². The Morgan fingerprint density at radius 3 is 2.61 bits per heavy atom. The molecule has 2 aromatic rings. The zero-order chi connectivity index (χ0) is 22.8. The Kier molecular flexibility index (Phi) is 7.38. The SMILES string of the molecule is CCCCN1C(=Nc2ccccc2C)SCC1(O)c1ccc(Cl)c(S(=O)(=O)N(C)C)c1. The quantitative estimate of drug-likeness (QED) is 0.626. The fraction of sp³-hybridized carbons (Fsp3) is 0.409. The monoisotopic (exact) mass is 481 g/mol. The van der Waals surface area contributed by atoms with Gasteiger partial charge in [-0.25, -0.2) is 17.7 Å². The Bertz CT molecular complexity index is 1090. The third-order valence-electron chi connectivity index (χ3n) is 5.30. The van der Waals surface area contributed by atoms with Crippen LogP contribution >= 0.6 is 23.4 Å². The van der Waals surface area contributed by atoms with Gasteiger partial charge in [-0.3, -0.25) is 0 Å². The zero-order valence-corrected chi connectivity index (χ0v) is 20.6. The van der Waals surface area contributed by atoms with Crippen molar-refractivity contribution < 1.29 is 13.5 Å². The fourth-order valence-electron chi connectivity index (χ4n) is 3.35. The lowest BCUT2D eigenvalue weighted by atomic mass is 10.0. The van der Waals surface area contributed by atoms with Gasteiger partial charge in [0.05, 0.1) is 16.5 Å². The normalized spacial score (nSPS) is 20.7. The lowest BCUT2D eigenvalue weighted by Gasteiger charge is -2.35. The van der Waals surface area contributed by atoms with Gasteiger partial charge in [0.25, 0.3) is 0 Å². The van der Waals surface area contributed by atoms with E-state index in [0.717, 1.165) is 33.6 Å². The number of sulfonamides is 1. The molecular formula is C22H28ClN3O3S2. The molecule has 168 valence electrons. The molecule has 1 atom stereocenters. The van der Waals surface area contributed by atoms with Crippen molar-refractivity contribution in [1.82, 2.24) is 9.21 Å². The van der Waals surface area contributed by atoms with E-state index in [9.17, 15) is 13.5 Å². The highest BCUT2D eigenvalue weighted by atomic mass is 35.5. The van der Waals surface area contributed by atoms with Crippen LogP contribution in [0.1, 0.15) is 30.9 Å². The molecule has 0 aromatic heterocycles. The van der Waals surface area contributed by atoms with E-state index < -0.39 is 15.7 Å². The van der Waals surface area contributed by atoms with Crippen molar-refractivity contribution in [2.24, 2.45) is 4.99 Å². The summed E-state index contributed by atoms with van der Waals surface area (Å²) < 4.78 is 26.6. The number of unbranched alkanes of at least 4 members (excludes halogenated alkanes) is 1. The lowest BCUT2D eigenvalue weighted by molar-refractivity contribution is -0.0483. The first kappa shape index (κ1) is 24.1. The predicted molar refractivity (Wildman–Crippen MR) is 129 cm³/mol. The third-order valence-corrected chi connectivity index (χ3v) is 8.71. The van der Waals surface area contributed by atoms with Gasteiger partial charge in [0, 0.05) is 26.2 Å². The van der Waals surface area contributed by atoms with Crippen molar-refractivity contribution in [2.75, 3.05) is 26.4 Å². The molecule has 9 heteroatoms. The number of hydrogen-bond acceptors (Lipinski definition) is 5. The number of para-hydroxylation sites is 1. The summed E-state index contributed by atoms with van der Waals surface area (Å²) in [7, 11) is -0.839. The molecule has 1 aliphatic rings. The van der Waals surface area contributed by atoms with Crippen LogP contribution in [0.15, 0.2) is 52.4 Å². The molecule has 2 aromatic carbocycles. The molecule has 0 spiro atoms. The summed E-state index contributed by atoms with van der Waals surface area (Å²) in [6.07, 6.45) is 1.82. The zero-order valence-electron chi connectivity index (χ0n) is 18.2. The van der Waals surface area contributed by atoms with E-state index in [0.29, 0.717) is 17.9 Å². The van der Waals surface area contributed by atoms with Gasteiger partial charge in [-0.15, -0.1) is 0 Å². The summed E-state index contributed by atoms with van der Waals surface area (Å²) in [5, 5.41) is 12.6. The van der Waals surface area contributed by atoms with Gasteiger partial charge in [-0.05, 0) is 37.1 Å². The van der Waals surface area contributed by atoms with Crippen molar-refractivity contribution in [1.29, 1.82) is 0 Å². The Balaban J connectivity index is 2.08. The lowest BCUT2D eigenvalue weighted by Crippen LogP contribution is -2.45. The topological polar surface area (TPSA) is 73.2 Å². The number of rotatable bonds is 7. The molecule has 31 heavy (non-hydrogen) atoms. The highest BCUT2D eigenvalue weighted by molar-refractivity contribution is 8.14. The highest BCUT2D eigenvalue weighted by Gasteiger charge is 2.45. The molecular weight excluding hydrogens is 454 g/mol. The van der Waals surface area contributed by atoms with Crippen LogP contribution in [0.3, 0.4) is 0 Å². The van der Waals surface area contributed by atoms with Crippen molar-refractivity contribution in [3.05, 3.63) is 58.6 Å². The number of aliphatic imine (C=N–C) groups is 1. The minimum Gasteiger partial charge on any atom is -0.366 e. The van der Waals surface area contributed by atoms with Gasteiger partial charge in [0.2, 0.25) is 10.0 Å². The van der Waals surface area contributed by atoms with E-state index in [-0.39, 0.29) is 9.92 Å². The number of aliphatic hydroxyl groups is 1. The number of nitrogens with zero attached hydrogens (tertiary/aromatic N) is 3. The Hall–Kier alpha value is -1.58. The van der Waals surface area contributed by atoms with Gasteiger partial charge >= 0.3 is 0 Å². The molecule has 1 heterocycles. The average molecular weight is 482 g/mol. The molecule has 1 aliphatic heterocycles. The summed E-state index contributed by atoms with van der Waals surface area (Å²) in [6, 6.07) is 12.5. The van der Waals surface area contributed by atoms with Crippen molar-refractivity contribution in [3.63, 3.8) is 0 Å². The van der Waals surface area contributed by atoms with E-state index >= 15 is 0 Å². The van der Waals surface area contributed by atoms with Gasteiger partial charge in [-0.1, -0.05) is 61.0 Å². The van der Waals surface area contributed by atoms with Gasteiger partial charge in [-0.2, -0.15) is 0 Å². The second-order valence-corrected chi connectivity index (χ2v) is 11.2. The molecule has 1 N–H and O–H groups in total. The molecule has 1 saturated heterocycles. The number of thioether (sulfide) groups is 1. The Morgan fingerprint density at radius 1 is 1.26 bits per heavy atom. The standard InChI is InChI=1S/C22H28ClN3O3S2/c1-5-6-13-26-21(24-19-10-8-7-9-16(19)2)30-15-22(26,27)17-11-12-18(23)20(14-17)31(28,29)25(3)4/h7-12,14,27H,5-6,13,15H2,1-4H3. The maximum absolute atomic E-state index is 12.7. The van der Waals surface area contributed by atoms with E-state index in [1.165, 1.54) is 38.0 Å². The van der Waals surface area contributed by atoms with Crippen LogP contribution in [-0.2, 0) is 15.7 Å². The summed E-state index contributed by atoms with van der Waals surface area (Å²) in [6.45, 7) is 4.69. The Morgan fingerprint density at radius 2 is 1.97 bits per heavy atom. The van der Waals surface area contributed by atoms with Crippen molar-refractivity contribution >= 4 is 44.2 Å². The third kappa shape index (κ3) is 4.78. The predicted octanol–water partition coefficient (Wildman–Crippen LogP) is 4.58. The maximum Gasteiger partial charge on any atom is 0.244 e. The van der Waals surface area contributed by atoms with Crippen molar-refractivity contribution in [3.8, 4) is 0 Å². The van der Waals surface area contributed by atoms with Crippen molar-refractivity contribution in [2.45, 2.75) is 37.3 Å². The number of halogens is 1. The first-order chi connectivity index (χ1) is 14.6. The van der Waals surface area contributed by atoms with Gasteiger partial charge in [0.1, 0.15) is 4.90 Å². The number of benzene rings is 2. The molecule has 0 amide bonds. The molecule has 0 saturated carbocycles. The molecule has 6 nitrogen and oxygen atoms in total. The minimum absolute atomic E-state index is 0.0187. The molecule has 1 fully saturated rings. The second kappa shape index (κ2) is 9.50. The second-order valence-electron chi connectivity index (χ2n) is 7.72. The summed E-state index contributed by atoms with van der Waals surface area (Å²) >= 11 is 7.68. The number of hydrogen-bond donors (Lipinski definition) is 1. The molecule has 0 bridgehead atoms. The molecule has 3 rings (SSSR count). The van der Waals surface area contributed by atoms with Crippen LogP contribution in [0.25, 0.3) is 0 Å². The van der Waals surface area contributed by atoms with Crippen LogP contribution in [0.5, 0.6) is 0 Å². The van der Waals surface area contributed by atoms with E-state index in [4.69, 9.17) is 16.6 Å². The number of amidine groups is 1. The van der Waals surface area contributed by atoms with Crippen LogP contribution < -0.4 is 0 Å². The summed E-state index contributed by atoms with van der Waals surface area (Å²) in [4.78, 5) is 6.68. The molecule has 0 aliphatic carbocycles. The van der Waals surface area contributed by atoms with E-state index in [1.54, 1.807) is 6.07 Å². The van der Waals surface area contributed by atoms with Crippen LogP contribution in [0.4, 0.5) is 5.69 Å². The Labute approximate surface area is 194 Å². The minimum atomic E-state index is -3.75. The van der Waals surface area contributed by atoms with Gasteiger partial charge in [0.15, 0.2) is 10.9 Å². The van der Waals surface area contributed by atoms with Crippen LogP contribution in [0.2, 0.25) is 5.02 Å². The smallest absolute Gasteiger partial charge is 0.244 e. The fourth-order valence-corrected chi connectivity index (χ4v) is 5.95. The van der Waals surface area contributed by atoms with Crippen LogP contribution in [-0.4, -0.2) is 54.3 Å². The highest BCUT2D eigenvalue weighted by Crippen LogP contribution is 2.42. The van der Waals surface area contributed by atoms with Crippen LogP contribution in [0, 0.1) is 6.92 Å². The molecule has 0 radical (unpaired) electrons.